The van der Waals surface area contributed by atoms with Gasteiger partial charge in [-0.05, 0) is 32.6 Å². The topological polar surface area (TPSA) is 15.3 Å². The van der Waals surface area contributed by atoms with Crippen LogP contribution >= 0.6 is 0 Å². The first kappa shape index (κ1) is 9.46. The number of benzene rings is 1. The molecule has 1 aromatic carbocycles. The first-order chi connectivity index (χ1) is 6.70. The SMILES string of the molecule is CN(C)C1CCNc2cccc(F)c21. The van der Waals surface area contributed by atoms with Crippen LogP contribution in [0.4, 0.5) is 10.1 Å². The molecule has 0 aromatic heterocycles. The van der Waals surface area contributed by atoms with Gasteiger partial charge in [-0.1, -0.05) is 6.07 Å². The molecule has 76 valence electrons. The van der Waals surface area contributed by atoms with Gasteiger partial charge in [0.2, 0.25) is 0 Å². The lowest BCUT2D eigenvalue weighted by Gasteiger charge is -2.31. The minimum absolute atomic E-state index is 0.103. The van der Waals surface area contributed by atoms with Gasteiger partial charge in [-0.2, -0.15) is 0 Å². The Bertz CT molecular complexity index is 336. The van der Waals surface area contributed by atoms with Crippen LogP contribution in [-0.4, -0.2) is 25.5 Å². The maximum Gasteiger partial charge on any atom is 0.130 e. The molecule has 1 unspecified atom stereocenters. The van der Waals surface area contributed by atoms with Crippen molar-refractivity contribution < 1.29 is 4.39 Å². The zero-order chi connectivity index (χ0) is 10.1. The Morgan fingerprint density at radius 1 is 1.43 bits per heavy atom. The van der Waals surface area contributed by atoms with E-state index in [9.17, 15) is 4.39 Å². The number of fused-ring (bicyclic) bond motifs is 1. The Balaban J connectivity index is 2.47. The maximum absolute atomic E-state index is 13.6. The fourth-order valence-corrected chi connectivity index (χ4v) is 2.03. The Labute approximate surface area is 83.7 Å². The second kappa shape index (κ2) is 3.58. The summed E-state index contributed by atoms with van der Waals surface area (Å²) in [5.41, 5.74) is 1.75. The van der Waals surface area contributed by atoms with Crippen LogP contribution in [0.5, 0.6) is 0 Å². The molecule has 1 aromatic rings. The van der Waals surface area contributed by atoms with Crippen molar-refractivity contribution in [3.05, 3.63) is 29.6 Å². The van der Waals surface area contributed by atoms with Gasteiger partial charge >= 0.3 is 0 Å². The van der Waals surface area contributed by atoms with Crippen molar-refractivity contribution >= 4 is 5.69 Å². The molecule has 0 aliphatic carbocycles. The maximum atomic E-state index is 13.6. The second-order valence-electron chi connectivity index (χ2n) is 3.90. The van der Waals surface area contributed by atoms with Gasteiger partial charge in [0.05, 0.1) is 0 Å². The summed E-state index contributed by atoms with van der Waals surface area (Å²) < 4.78 is 13.6. The van der Waals surface area contributed by atoms with E-state index >= 15 is 0 Å². The molecule has 14 heavy (non-hydrogen) atoms. The van der Waals surface area contributed by atoms with E-state index < -0.39 is 0 Å². The molecule has 0 amide bonds. The van der Waals surface area contributed by atoms with Gasteiger partial charge in [0.15, 0.2) is 0 Å². The predicted octanol–water partition coefficient (Wildman–Crippen LogP) is 2.24. The third-order valence-electron chi connectivity index (χ3n) is 2.74. The van der Waals surface area contributed by atoms with Crippen LogP contribution in [0, 0.1) is 5.82 Å². The fraction of sp³-hybridized carbons (Fsp3) is 0.455. The summed E-state index contributed by atoms with van der Waals surface area (Å²) in [6.45, 7) is 0.916. The predicted molar refractivity (Wildman–Crippen MR) is 55.9 cm³/mol. The van der Waals surface area contributed by atoms with Crippen LogP contribution in [0.15, 0.2) is 18.2 Å². The number of hydrogen-bond acceptors (Lipinski definition) is 2. The van der Waals surface area contributed by atoms with Crippen LogP contribution in [0.25, 0.3) is 0 Å². The minimum atomic E-state index is -0.103. The molecule has 2 nitrogen and oxygen atoms in total. The van der Waals surface area contributed by atoms with Crippen LogP contribution in [-0.2, 0) is 0 Å². The molecule has 0 saturated carbocycles. The number of hydrogen-bond donors (Lipinski definition) is 1. The second-order valence-corrected chi connectivity index (χ2v) is 3.90. The molecule has 3 heteroatoms. The van der Waals surface area contributed by atoms with Gasteiger partial charge in [-0.15, -0.1) is 0 Å². The highest BCUT2D eigenvalue weighted by Gasteiger charge is 2.24. The number of nitrogens with one attached hydrogen (secondary N) is 1. The number of anilines is 1. The lowest BCUT2D eigenvalue weighted by molar-refractivity contribution is 0.277. The Kier molecular flexibility index (Phi) is 2.42. The molecule has 0 bridgehead atoms. The van der Waals surface area contributed by atoms with E-state index in [2.05, 4.69) is 10.2 Å². The average molecular weight is 194 g/mol. The lowest BCUT2D eigenvalue weighted by atomic mass is 9.96. The van der Waals surface area contributed by atoms with Gasteiger partial charge in [-0.3, -0.25) is 0 Å². The van der Waals surface area contributed by atoms with E-state index in [-0.39, 0.29) is 11.9 Å². The summed E-state index contributed by atoms with van der Waals surface area (Å²) in [6, 6.07) is 5.42. The van der Waals surface area contributed by atoms with Crippen LogP contribution < -0.4 is 5.32 Å². The highest BCUT2D eigenvalue weighted by molar-refractivity contribution is 5.55. The average Bonchev–Trinajstić information content (AvgIpc) is 2.17. The smallest absolute Gasteiger partial charge is 0.130 e. The number of rotatable bonds is 1. The standard InChI is InChI=1S/C11H15FN2/c1-14(2)10-6-7-13-9-5-3-4-8(12)11(9)10/h3-5,10,13H,6-7H2,1-2H3. The van der Waals surface area contributed by atoms with E-state index in [4.69, 9.17) is 0 Å². The van der Waals surface area contributed by atoms with Crippen LogP contribution in [0.3, 0.4) is 0 Å². The summed E-state index contributed by atoms with van der Waals surface area (Å²) >= 11 is 0. The number of nitrogens with zero attached hydrogens (tertiary/aromatic N) is 1. The quantitative estimate of drug-likeness (QED) is 0.737. The van der Waals surface area contributed by atoms with Crippen molar-refractivity contribution in [2.24, 2.45) is 0 Å². The monoisotopic (exact) mass is 194 g/mol. The van der Waals surface area contributed by atoms with Gasteiger partial charge in [0.25, 0.3) is 0 Å². The van der Waals surface area contributed by atoms with Crippen molar-refractivity contribution in [1.82, 2.24) is 4.90 Å². The molecule has 1 atom stereocenters. The number of halogens is 1. The van der Waals surface area contributed by atoms with E-state index in [1.165, 1.54) is 6.07 Å². The fourth-order valence-electron chi connectivity index (χ4n) is 2.03. The Morgan fingerprint density at radius 3 is 2.93 bits per heavy atom. The van der Waals surface area contributed by atoms with E-state index in [1.807, 2.05) is 20.2 Å². The first-order valence-corrected chi connectivity index (χ1v) is 4.89. The van der Waals surface area contributed by atoms with Crippen LogP contribution in [0.1, 0.15) is 18.0 Å². The van der Waals surface area contributed by atoms with Gasteiger partial charge < -0.3 is 10.2 Å². The van der Waals surface area contributed by atoms with Gasteiger partial charge in [-0.25, -0.2) is 4.39 Å². The summed E-state index contributed by atoms with van der Waals surface area (Å²) in [7, 11) is 3.98. The largest absolute Gasteiger partial charge is 0.385 e. The Morgan fingerprint density at radius 2 is 2.21 bits per heavy atom. The summed E-state index contributed by atoms with van der Waals surface area (Å²) in [4.78, 5) is 2.07. The minimum Gasteiger partial charge on any atom is -0.385 e. The molecule has 0 fully saturated rings. The molecule has 1 heterocycles. The first-order valence-electron chi connectivity index (χ1n) is 4.89. The highest BCUT2D eigenvalue weighted by Crippen LogP contribution is 2.34. The van der Waals surface area contributed by atoms with Crippen LogP contribution in [0.2, 0.25) is 0 Å². The summed E-state index contributed by atoms with van der Waals surface area (Å²) in [5.74, 6) is -0.103. The molecular weight excluding hydrogens is 179 g/mol. The molecule has 1 aliphatic rings. The molecular formula is C11H15FN2. The molecule has 0 spiro atoms. The van der Waals surface area contributed by atoms with E-state index in [1.54, 1.807) is 6.07 Å². The zero-order valence-corrected chi connectivity index (χ0v) is 8.55. The van der Waals surface area contributed by atoms with Crippen molar-refractivity contribution in [2.75, 3.05) is 26.0 Å². The van der Waals surface area contributed by atoms with Crippen molar-refractivity contribution in [2.45, 2.75) is 12.5 Å². The summed E-state index contributed by atoms with van der Waals surface area (Å²) in [5, 5.41) is 3.22. The van der Waals surface area contributed by atoms with E-state index in [0.29, 0.717) is 0 Å². The lowest BCUT2D eigenvalue weighted by Crippen LogP contribution is -2.28. The molecule has 0 saturated heterocycles. The van der Waals surface area contributed by atoms with Crippen molar-refractivity contribution in [3.8, 4) is 0 Å². The van der Waals surface area contributed by atoms with Gasteiger partial charge in [0, 0.05) is 23.8 Å². The molecule has 1 N–H and O–H groups in total. The normalized spacial score (nSPS) is 20.4. The molecule has 0 radical (unpaired) electrons. The third kappa shape index (κ3) is 1.48. The Hall–Kier alpha value is -1.09. The van der Waals surface area contributed by atoms with E-state index in [0.717, 1.165) is 24.2 Å². The molecule has 1 aliphatic heterocycles. The molecule has 2 rings (SSSR count). The van der Waals surface area contributed by atoms with Crippen molar-refractivity contribution in [3.63, 3.8) is 0 Å². The van der Waals surface area contributed by atoms with Crippen molar-refractivity contribution in [1.29, 1.82) is 0 Å². The zero-order valence-electron chi connectivity index (χ0n) is 8.55. The summed E-state index contributed by atoms with van der Waals surface area (Å²) in [6.07, 6.45) is 0.959. The highest BCUT2D eigenvalue weighted by atomic mass is 19.1. The third-order valence-corrected chi connectivity index (χ3v) is 2.74. The van der Waals surface area contributed by atoms with Gasteiger partial charge in [0.1, 0.15) is 5.82 Å².